The third-order valence-corrected chi connectivity index (χ3v) is 2.76. The fourth-order valence-electron chi connectivity index (χ4n) is 0.930. The summed E-state index contributed by atoms with van der Waals surface area (Å²) in [6.07, 6.45) is 3.32. The van der Waals surface area contributed by atoms with Crippen LogP contribution in [0.3, 0.4) is 0 Å². The molecule has 0 aromatic heterocycles. The van der Waals surface area contributed by atoms with Crippen molar-refractivity contribution >= 4 is 23.2 Å². The van der Waals surface area contributed by atoms with E-state index < -0.39 is 0 Å². The lowest BCUT2D eigenvalue weighted by Crippen LogP contribution is -2.24. The lowest BCUT2D eigenvalue weighted by Gasteiger charge is -2.28. The van der Waals surface area contributed by atoms with E-state index in [1.807, 2.05) is 13.8 Å². The molecule has 1 unspecified atom stereocenters. The third kappa shape index (κ3) is 1.71. The van der Waals surface area contributed by atoms with Crippen LogP contribution >= 0.6 is 23.2 Å². The second-order valence-electron chi connectivity index (χ2n) is 3.27. The molecule has 1 rings (SSSR count). The van der Waals surface area contributed by atoms with E-state index in [9.17, 15) is 5.11 Å². The Kier molecular flexibility index (Phi) is 2.22. The Morgan fingerprint density at radius 2 is 2.09 bits per heavy atom. The predicted molar refractivity (Wildman–Crippen MR) is 48.1 cm³/mol. The average Bonchev–Trinajstić information content (AvgIpc) is 1.83. The first-order chi connectivity index (χ1) is 4.93. The van der Waals surface area contributed by atoms with Crippen molar-refractivity contribution in [1.29, 1.82) is 0 Å². The summed E-state index contributed by atoms with van der Waals surface area (Å²) in [6.45, 7) is 3.89. The van der Waals surface area contributed by atoms with Gasteiger partial charge in [0, 0.05) is 5.41 Å². The Balaban J connectivity index is 2.98. The van der Waals surface area contributed by atoms with E-state index in [4.69, 9.17) is 23.2 Å². The second-order valence-corrected chi connectivity index (χ2v) is 4.14. The number of aliphatic hydroxyl groups excluding tert-OH is 1. The maximum Gasteiger partial charge on any atom is 0.130 e. The molecule has 0 amide bonds. The summed E-state index contributed by atoms with van der Waals surface area (Å²) in [5.74, 6) is 0.119. The summed E-state index contributed by atoms with van der Waals surface area (Å²) < 4.78 is 0. The molecule has 1 atom stereocenters. The number of hydrogen-bond donors (Lipinski definition) is 1. The van der Waals surface area contributed by atoms with Crippen LogP contribution in [0.2, 0.25) is 0 Å². The second kappa shape index (κ2) is 2.72. The standard InChI is InChI=1S/C8H10Cl2O/c1-8(2)4-6(11)5(9)3-7(8)10/h3-4,7,11H,1-2H3. The van der Waals surface area contributed by atoms with E-state index in [1.165, 1.54) is 0 Å². The molecule has 1 aliphatic rings. The highest BCUT2D eigenvalue weighted by molar-refractivity contribution is 6.33. The largest absolute Gasteiger partial charge is 0.507 e. The molecule has 1 nitrogen and oxygen atoms in total. The van der Waals surface area contributed by atoms with Gasteiger partial charge in [-0.05, 0) is 12.2 Å². The van der Waals surface area contributed by atoms with E-state index in [1.54, 1.807) is 12.2 Å². The zero-order valence-electron chi connectivity index (χ0n) is 6.44. The van der Waals surface area contributed by atoms with Crippen molar-refractivity contribution in [1.82, 2.24) is 0 Å². The molecule has 0 aliphatic heterocycles. The summed E-state index contributed by atoms with van der Waals surface area (Å²) in [4.78, 5) is 0. The van der Waals surface area contributed by atoms with Gasteiger partial charge in [-0.15, -0.1) is 11.6 Å². The van der Waals surface area contributed by atoms with Crippen molar-refractivity contribution < 1.29 is 5.11 Å². The molecule has 0 aromatic rings. The molecular formula is C8H10Cl2O. The smallest absolute Gasteiger partial charge is 0.130 e. The van der Waals surface area contributed by atoms with Crippen molar-refractivity contribution in [3.8, 4) is 0 Å². The predicted octanol–water partition coefficient (Wildman–Crippen LogP) is 3.20. The highest BCUT2D eigenvalue weighted by atomic mass is 35.5. The van der Waals surface area contributed by atoms with Crippen molar-refractivity contribution in [2.75, 3.05) is 0 Å². The monoisotopic (exact) mass is 192 g/mol. The molecule has 62 valence electrons. The summed E-state index contributed by atoms with van der Waals surface area (Å²) in [5.41, 5.74) is -0.218. The van der Waals surface area contributed by atoms with Gasteiger partial charge in [-0.25, -0.2) is 0 Å². The van der Waals surface area contributed by atoms with Gasteiger partial charge in [-0.2, -0.15) is 0 Å². The van der Waals surface area contributed by atoms with Crippen LogP contribution in [0.4, 0.5) is 0 Å². The van der Waals surface area contributed by atoms with Gasteiger partial charge in [-0.3, -0.25) is 0 Å². The maximum absolute atomic E-state index is 9.23. The van der Waals surface area contributed by atoms with Crippen molar-refractivity contribution in [2.24, 2.45) is 5.41 Å². The van der Waals surface area contributed by atoms with Crippen molar-refractivity contribution in [3.05, 3.63) is 22.9 Å². The van der Waals surface area contributed by atoms with E-state index in [0.29, 0.717) is 5.03 Å². The molecule has 3 heteroatoms. The van der Waals surface area contributed by atoms with Crippen molar-refractivity contribution in [2.45, 2.75) is 19.2 Å². The molecular weight excluding hydrogens is 183 g/mol. The Morgan fingerprint density at radius 3 is 2.55 bits per heavy atom. The van der Waals surface area contributed by atoms with E-state index in [0.717, 1.165) is 0 Å². The van der Waals surface area contributed by atoms with Gasteiger partial charge in [0.25, 0.3) is 0 Å². The zero-order chi connectivity index (χ0) is 8.65. The SMILES string of the molecule is CC1(C)C=C(O)C(Cl)=CC1Cl. The van der Waals surface area contributed by atoms with Gasteiger partial charge in [0.2, 0.25) is 0 Å². The Labute approximate surface area is 76.3 Å². The summed E-state index contributed by atoms with van der Waals surface area (Å²) >= 11 is 11.6. The number of halogens is 2. The molecule has 0 spiro atoms. The van der Waals surface area contributed by atoms with E-state index in [-0.39, 0.29) is 16.6 Å². The number of alkyl halides is 1. The van der Waals surface area contributed by atoms with Crippen LogP contribution in [0.1, 0.15) is 13.8 Å². The van der Waals surface area contributed by atoms with Crippen LogP contribution in [0, 0.1) is 5.41 Å². The first kappa shape index (κ1) is 8.95. The van der Waals surface area contributed by atoms with Gasteiger partial charge in [0.15, 0.2) is 0 Å². The minimum atomic E-state index is -0.218. The van der Waals surface area contributed by atoms with E-state index in [2.05, 4.69) is 0 Å². The Morgan fingerprint density at radius 1 is 1.55 bits per heavy atom. The Hall–Kier alpha value is -0.140. The third-order valence-electron chi connectivity index (χ3n) is 1.76. The summed E-state index contributed by atoms with van der Waals surface area (Å²) in [5, 5.41) is 9.42. The van der Waals surface area contributed by atoms with Crippen LogP contribution in [0.5, 0.6) is 0 Å². The summed E-state index contributed by atoms with van der Waals surface area (Å²) in [7, 11) is 0. The minimum Gasteiger partial charge on any atom is -0.507 e. The van der Waals surface area contributed by atoms with Gasteiger partial charge >= 0.3 is 0 Å². The fourth-order valence-corrected chi connectivity index (χ4v) is 1.36. The molecule has 0 bridgehead atoms. The minimum absolute atomic E-state index is 0.119. The first-order valence-corrected chi connectivity index (χ1v) is 4.18. The topological polar surface area (TPSA) is 20.2 Å². The van der Waals surface area contributed by atoms with Crippen molar-refractivity contribution in [3.63, 3.8) is 0 Å². The fraction of sp³-hybridized carbons (Fsp3) is 0.500. The number of allylic oxidation sites excluding steroid dienone is 3. The molecule has 1 N–H and O–H groups in total. The number of hydrogen-bond acceptors (Lipinski definition) is 1. The van der Waals surface area contributed by atoms with Crippen LogP contribution in [0.15, 0.2) is 22.9 Å². The molecule has 0 saturated carbocycles. The highest BCUT2D eigenvalue weighted by Crippen LogP contribution is 2.36. The number of aliphatic hydroxyl groups is 1. The van der Waals surface area contributed by atoms with Gasteiger partial charge in [-0.1, -0.05) is 25.4 Å². The highest BCUT2D eigenvalue weighted by Gasteiger charge is 2.29. The number of rotatable bonds is 0. The molecule has 11 heavy (non-hydrogen) atoms. The van der Waals surface area contributed by atoms with Gasteiger partial charge in [0.1, 0.15) is 5.76 Å². The maximum atomic E-state index is 9.23. The molecule has 0 fully saturated rings. The van der Waals surface area contributed by atoms with Crippen LogP contribution < -0.4 is 0 Å². The first-order valence-electron chi connectivity index (χ1n) is 3.37. The quantitative estimate of drug-likeness (QED) is 0.585. The zero-order valence-corrected chi connectivity index (χ0v) is 7.95. The van der Waals surface area contributed by atoms with Crippen LogP contribution in [-0.4, -0.2) is 10.5 Å². The lowest BCUT2D eigenvalue weighted by molar-refractivity contribution is 0.388. The normalized spacial score (nSPS) is 29.3. The molecule has 0 aromatic carbocycles. The van der Waals surface area contributed by atoms with Gasteiger partial charge < -0.3 is 5.11 Å². The van der Waals surface area contributed by atoms with Crippen LogP contribution in [0.25, 0.3) is 0 Å². The molecule has 0 saturated heterocycles. The molecule has 0 heterocycles. The Bertz CT molecular complexity index is 228. The average molecular weight is 193 g/mol. The van der Waals surface area contributed by atoms with E-state index >= 15 is 0 Å². The molecule has 0 radical (unpaired) electrons. The van der Waals surface area contributed by atoms with Gasteiger partial charge in [0.05, 0.1) is 10.4 Å². The van der Waals surface area contributed by atoms with Crippen LogP contribution in [-0.2, 0) is 0 Å². The lowest BCUT2D eigenvalue weighted by atomic mass is 9.85. The summed E-state index contributed by atoms with van der Waals surface area (Å²) in [6, 6.07) is 0. The molecule has 1 aliphatic carbocycles.